The Balaban J connectivity index is 2.47. The smallest absolute Gasteiger partial charge is 0.328 e. The van der Waals surface area contributed by atoms with Gasteiger partial charge in [0, 0.05) is 24.9 Å². The zero-order chi connectivity index (χ0) is 14.9. The van der Waals surface area contributed by atoms with E-state index in [4.69, 9.17) is 11.6 Å². The number of hydrogen-bond acceptors (Lipinski definition) is 1. The normalized spacial score (nSPS) is 12.3. The Morgan fingerprint density at radius 3 is 2.60 bits per heavy atom. The van der Waals surface area contributed by atoms with Crippen LogP contribution in [0.2, 0.25) is 0 Å². The average Bonchev–Trinajstić information content (AvgIpc) is 2.64. The number of hydrogen-bond donors (Lipinski definition) is 0. The van der Waals surface area contributed by atoms with Crippen molar-refractivity contribution in [1.82, 2.24) is 9.55 Å². The van der Waals surface area contributed by atoms with Crippen LogP contribution in [0.3, 0.4) is 0 Å². The average molecular weight is 374 g/mol. The van der Waals surface area contributed by atoms with Gasteiger partial charge in [-0.15, -0.1) is 11.6 Å². The summed E-state index contributed by atoms with van der Waals surface area (Å²) in [7, 11) is 0. The van der Waals surface area contributed by atoms with Crippen LogP contribution in [0.4, 0.5) is 17.6 Å². The Hall–Kier alpha value is -0.820. The van der Waals surface area contributed by atoms with Crippen LogP contribution in [-0.4, -0.2) is 21.6 Å². The van der Waals surface area contributed by atoms with Gasteiger partial charge in [0.05, 0.1) is 21.9 Å². The van der Waals surface area contributed by atoms with Crippen LogP contribution in [0.1, 0.15) is 12.2 Å². The number of aryl methyl sites for hydroxylation is 2. The third-order valence-electron chi connectivity index (χ3n) is 2.81. The molecule has 0 bridgehead atoms. The summed E-state index contributed by atoms with van der Waals surface area (Å²) < 4.78 is 52.2. The van der Waals surface area contributed by atoms with Gasteiger partial charge in [0.1, 0.15) is 11.6 Å². The van der Waals surface area contributed by atoms with Crippen LogP contribution in [0.25, 0.3) is 11.0 Å². The minimum atomic E-state index is -4.26. The molecule has 0 unspecified atom stereocenters. The summed E-state index contributed by atoms with van der Waals surface area (Å²) in [5, 5.41) is 0. The van der Waals surface area contributed by atoms with Crippen LogP contribution in [0, 0.1) is 5.82 Å². The highest BCUT2D eigenvalue weighted by Crippen LogP contribution is 2.27. The van der Waals surface area contributed by atoms with E-state index in [9.17, 15) is 17.6 Å². The van der Waals surface area contributed by atoms with Gasteiger partial charge in [-0.1, -0.05) is 0 Å². The fraction of sp³-hybridized carbons (Fsp3) is 0.417. The molecular weight excluding hydrogens is 363 g/mol. The van der Waals surface area contributed by atoms with Crippen molar-refractivity contribution < 1.29 is 17.6 Å². The lowest BCUT2D eigenvalue weighted by atomic mass is 10.3. The van der Waals surface area contributed by atoms with Gasteiger partial charge in [-0.3, -0.25) is 0 Å². The number of fused-ring (bicyclic) bond motifs is 1. The molecule has 0 fully saturated rings. The van der Waals surface area contributed by atoms with Gasteiger partial charge in [0.15, 0.2) is 0 Å². The van der Waals surface area contributed by atoms with E-state index in [1.54, 1.807) is 0 Å². The van der Waals surface area contributed by atoms with E-state index in [2.05, 4.69) is 20.9 Å². The van der Waals surface area contributed by atoms with E-state index < -0.39 is 18.4 Å². The second-order valence-electron chi connectivity index (χ2n) is 4.24. The number of benzene rings is 1. The highest BCUT2D eigenvalue weighted by molar-refractivity contribution is 9.10. The largest absolute Gasteiger partial charge is 0.390 e. The minimum absolute atomic E-state index is 0.190. The van der Waals surface area contributed by atoms with Gasteiger partial charge in [0.2, 0.25) is 0 Å². The highest BCUT2D eigenvalue weighted by Gasteiger charge is 2.27. The number of nitrogens with zero attached hydrogens (tertiary/aromatic N) is 2. The van der Waals surface area contributed by atoms with Crippen molar-refractivity contribution in [3.63, 3.8) is 0 Å². The molecule has 0 saturated carbocycles. The quantitative estimate of drug-likeness (QED) is 0.562. The van der Waals surface area contributed by atoms with E-state index in [0.29, 0.717) is 23.3 Å². The molecular formula is C12H10BrClF4N2. The molecule has 2 rings (SSSR count). The number of rotatable bonds is 4. The van der Waals surface area contributed by atoms with Crippen molar-refractivity contribution in [3.8, 4) is 0 Å². The lowest BCUT2D eigenvalue weighted by molar-refractivity contribution is -0.136. The maximum Gasteiger partial charge on any atom is 0.390 e. The first-order valence-corrected chi connectivity index (χ1v) is 7.11. The summed E-state index contributed by atoms with van der Waals surface area (Å²) in [5.41, 5.74) is 0.788. The molecule has 2 aromatic rings. The van der Waals surface area contributed by atoms with E-state index >= 15 is 0 Å². The van der Waals surface area contributed by atoms with E-state index in [-0.39, 0.29) is 16.9 Å². The molecule has 0 atom stereocenters. The summed E-state index contributed by atoms with van der Waals surface area (Å²) in [6.45, 7) is -0.260. The summed E-state index contributed by atoms with van der Waals surface area (Å²) in [5.74, 6) is 0.158. The van der Waals surface area contributed by atoms with Crippen molar-refractivity contribution in [1.29, 1.82) is 0 Å². The molecule has 1 aromatic heterocycles. The predicted octanol–water partition coefficient (Wildman–Crippen LogP) is 4.67. The van der Waals surface area contributed by atoms with Gasteiger partial charge >= 0.3 is 6.18 Å². The summed E-state index contributed by atoms with van der Waals surface area (Å²) in [6.07, 6.45) is -4.90. The molecule has 1 aromatic carbocycles. The van der Waals surface area contributed by atoms with Crippen LogP contribution < -0.4 is 0 Å². The number of imidazole rings is 1. The number of aromatic nitrogens is 2. The van der Waals surface area contributed by atoms with Crippen molar-refractivity contribution >= 4 is 38.6 Å². The Morgan fingerprint density at radius 2 is 2.00 bits per heavy atom. The van der Waals surface area contributed by atoms with E-state index in [1.165, 1.54) is 16.7 Å². The first-order valence-electron chi connectivity index (χ1n) is 5.78. The Kier molecular flexibility index (Phi) is 4.59. The molecule has 0 radical (unpaired) electrons. The van der Waals surface area contributed by atoms with Crippen LogP contribution in [-0.2, 0) is 13.0 Å². The molecule has 0 aliphatic heterocycles. The zero-order valence-corrected chi connectivity index (χ0v) is 12.5. The van der Waals surface area contributed by atoms with Gasteiger partial charge in [-0.25, -0.2) is 9.37 Å². The van der Waals surface area contributed by atoms with Crippen LogP contribution >= 0.6 is 27.5 Å². The second-order valence-corrected chi connectivity index (χ2v) is 5.47. The zero-order valence-electron chi connectivity index (χ0n) is 10.1. The molecule has 0 N–H and O–H groups in total. The van der Waals surface area contributed by atoms with Crippen molar-refractivity contribution in [2.75, 3.05) is 5.88 Å². The predicted molar refractivity (Wildman–Crippen MR) is 72.5 cm³/mol. The maximum absolute atomic E-state index is 13.4. The molecule has 0 saturated heterocycles. The third-order valence-corrected chi connectivity index (χ3v) is 3.60. The standard InChI is InChI=1S/C12H10BrClF4N2/c13-7-5-10-9(6-8(7)15)19-11(1-3-14)20(10)4-2-12(16,17)18/h5-6H,1-4H2. The molecule has 0 aliphatic rings. The van der Waals surface area contributed by atoms with Crippen molar-refractivity contribution in [3.05, 3.63) is 28.2 Å². The third kappa shape index (κ3) is 3.44. The maximum atomic E-state index is 13.4. The fourth-order valence-electron chi connectivity index (χ4n) is 1.93. The molecule has 8 heteroatoms. The van der Waals surface area contributed by atoms with E-state index in [1.807, 2.05) is 0 Å². The lowest BCUT2D eigenvalue weighted by Crippen LogP contribution is -2.14. The Morgan fingerprint density at radius 1 is 1.30 bits per heavy atom. The second kappa shape index (κ2) is 5.89. The Bertz CT molecular complexity index is 624. The lowest BCUT2D eigenvalue weighted by Gasteiger charge is -2.11. The topological polar surface area (TPSA) is 17.8 Å². The fourth-order valence-corrected chi connectivity index (χ4v) is 2.43. The van der Waals surface area contributed by atoms with Crippen molar-refractivity contribution in [2.24, 2.45) is 0 Å². The van der Waals surface area contributed by atoms with Crippen LogP contribution in [0.15, 0.2) is 16.6 Å². The van der Waals surface area contributed by atoms with Gasteiger partial charge < -0.3 is 4.57 Å². The molecule has 0 amide bonds. The van der Waals surface area contributed by atoms with E-state index in [0.717, 1.165) is 0 Å². The molecule has 110 valence electrons. The highest BCUT2D eigenvalue weighted by atomic mass is 79.9. The van der Waals surface area contributed by atoms with Gasteiger partial charge in [0.25, 0.3) is 0 Å². The number of alkyl halides is 4. The Labute approximate surface area is 125 Å². The monoisotopic (exact) mass is 372 g/mol. The van der Waals surface area contributed by atoms with Gasteiger partial charge in [-0.05, 0) is 22.0 Å². The minimum Gasteiger partial charge on any atom is -0.328 e. The van der Waals surface area contributed by atoms with Crippen LogP contribution in [0.5, 0.6) is 0 Å². The van der Waals surface area contributed by atoms with Crippen molar-refractivity contribution in [2.45, 2.75) is 25.6 Å². The first kappa shape index (κ1) is 15.6. The summed E-state index contributed by atoms with van der Waals surface area (Å²) in [4.78, 5) is 4.16. The molecule has 0 aliphatic carbocycles. The summed E-state index contributed by atoms with van der Waals surface area (Å²) >= 11 is 8.65. The first-order chi connectivity index (χ1) is 9.31. The molecule has 2 nitrogen and oxygen atoms in total. The molecule has 20 heavy (non-hydrogen) atoms. The number of halogens is 6. The molecule has 1 heterocycles. The SMILES string of the molecule is Fc1cc2nc(CCCl)n(CCC(F)(F)F)c2cc1Br. The summed E-state index contributed by atoms with van der Waals surface area (Å²) in [6, 6.07) is 2.63. The van der Waals surface area contributed by atoms with Gasteiger partial charge in [-0.2, -0.15) is 13.2 Å². The molecule has 0 spiro atoms.